The summed E-state index contributed by atoms with van der Waals surface area (Å²) in [5.41, 5.74) is -2.18. The van der Waals surface area contributed by atoms with E-state index in [-0.39, 0.29) is 4.90 Å². The Bertz CT molecular complexity index is 674. The minimum Gasteiger partial charge on any atom is -0.258 e. The zero-order valence-electron chi connectivity index (χ0n) is 10.2. The molecule has 0 atom stereocenters. The molecule has 2 aromatic carbocycles. The van der Waals surface area contributed by atoms with Crippen molar-refractivity contribution in [3.63, 3.8) is 0 Å². The Morgan fingerprint density at radius 2 is 1.62 bits per heavy atom. The zero-order valence-corrected chi connectivity index (χ0v) is 12.6. The van der Waals surface area contributed by atoms with E-state index in [9.17, 15) is 23.3 Å². The highest BCUT2D eigenvalue weighted by atomic mass is 79.9. The average molecular weight is 378 g/mol. The van der Waals surface area contributed by atoms with Crippen LogP contribution in [0.5, 0.6) is 0 Å². The van der Waals surface area contributed by atoms with Gasteiger partial charge >= 0.3 is 6.18 Å². The van der Waals surface area contributed by atoms with Crippen LogP contribution in [0.3, 0.4) is 0 Å². The molecule has 8 heteroatoms. The van der Waals surface area contributed by atoms with Gasteiger partial charge in [-0.15, -0.1) is 0 Å². The fraction of sp³-hybridized carbons (Fsp3) is 0.0769. The SMILES string of the molecule is O=[N+]([O-])c1ccc(Sc2ccc(Br)cc2)cc1C(F)(F)F. The summed E-state index contributed by atoms with van der Waals surface area (Å²) in [6.07, 6.45) is -4.77. The van der Waals surface area contributed by atoms with Crippen LogP contribution in [-0.2, 0) is 6.18 Å². The molecule has 0 spiro atoms. The summed E-state index contributed by atoms with van der Waals surface area (Å²) in [5, 5.41) is 10.7. The van der Waals surface area contributed by atoms with Crippen LogP contribution in [-0.4, -0.2) is 4.92 Å². The van der Waals surface area contributed by atoms with Gasteiger partial charge in [0.15, 0.2) is 0 Å². The lowest BCUT2D eigenvalue weighted by atomic mass is 10.2. The third-order valence-electron chi connectivity index (χ3n) is 2.52. The summed E-state index contributed by atoms with van der Waals surface area (Å²) in [4.78, 5) is 10.7. The molecule has 0 fully saturated rings. The molecule has 110 valence electrons. The molecule has 0 aliphatic heterocycles. The maximum atomic E-state index is 12.9. The van der Waals surface area contributed by atoms with Gasteiger partial charge < -0.3 is 0 Å². The van der Waals surface area contributed by atoms with E-state index in [4.69, 9.17) is 0 Å². The third kappa shape index (κ3) is 3.98. The van der Waals surface area contributed by atoms with Gasteiger partial charge in [0.25, 0.3) is 5.69 Å². The van der Waals surface area contributed by atoms with E-state index in [0.717, 1.165) is 33.3 Å². The second-order valence-electron chi connectivity index (χ2n) is 3.99. The number of hydrogen-bond donors (Lipinski definition) is 0. The van der Waals surface area contributed by atoms with Crippen LogP contribution in [0.1, 0.15) is 5.56 Å². The number of alkyl halides is 3. The van der Waals surface area contributed by atoms with Crippen LogP contribution in [0.2, 0.25) is 0 Å². The lowest BCUT2D eigenvalue weighted by molar-refractivity contribution is -0.388. The Kier molecular flexibility index (Phi) is 4.58. The van der Waals surface area contributed by atoms with Crippen molar-refractivity contribution in [2.75, 3.05) is 0 Å². The second kappa shape index (κ2) is 6.07. The quantitative estimate of drug-likeness (QED) is 0.521. The van der Waals surface area contributed by atoms with E-state index >= 15 is 0 Å². The maximum Gasteiger partial charge on any atom is 0.423 e. The molecule has 21 heavy (non-hydrogen) atoms. The van der Waals surface area contributed by atoms with Crippen molar-refractivity contribution in [2.45, 2.75) is 16.0 Å². The Labute approximate surface area is 130 Å². The summed E-state index contributed by atoms with van der Waals surface area (Å²) >= 11 is 4.36. The molecule has 0 aromatic heterocycles. The lowest BCUT2D eigenvalue weighted by Crippen LogP contribution is -2.08. The molecule has 0 radical (unpaired) electrons. The van der Waals surface area contributed by atoms with E-state index < -0.39 is 22.4 Å². The van der Waals surface area contributed by atoms with Crippen molar-refractivity contribution >= 4 is 33.4 Å². The number of rotatable bonds is 3. The molecule has 0 heterocycles. The van der Waals surface area contributed by atoms with Gasteiger partial charge in [0.1, 0.15) is 5.56 Å². The van der Waals surface area contributed by atoms with E-state index in [0.29, 0.717) is 0 Å². The van der Waals surface area contributed by atoms with Crippen LogP contribution >= 0.6 is 27.7 Å². The highest BCUT2D eigenvalue weighted by Gasteiger charge is 2.38. The van der Waals surface area contributed by atoms with Crippen molar-refractivity contribution in [3.05, 3.63) is 62.6 Å². The number of hydrogen-bond acceptors (Lipinski definition) is 3. The molecule has 2 aromatic rings. The maximum absolute atomic E-state index is 12.9. The molecule has 2 rings (SSSR count). The van der Waals surface area contributed by atoms with E-state index in [1.165, 1.54) is 6.07 Å². The third-order valence-corrected chi connectivity index (χ3v) is 4.05. The fourth-order valence-corrected chi connectivity index (χ4v) is 2.73. The van der Waals surface area contributed by atoms with Crippen molar-refractivity contribution in [2.24, 2.45) is 0 Å². The van der Waals surface area contributed by atoms with Gasteiger partial charge in [-0.3, -0.25) is 10.1 Å². The first-order valence-corrected chi connectivity index (χ1v) is 7.17. The van der Waals surface area contributed by atoms with Gasteiger partial charge in [-0.1, -0.05) is 27.7 Å². The summed E-state index contributed by atoms with van der Waals surface area (Å²) in [7, 11) is 0. The van der Waals surface area contributed by atoms with E-state index in [1.54, 1.807) is 24.3 Å². The second-order valence-corrected chi connectivity index (χ2v) is 6.05. The zero-order chi connectivity index (χ0) is 15.6. The number of nitro benzene ring substituents is 1. The normalized spacial score (nSPS) is 11.4. The number of benzene rings is 2. The van der Waals surface area contributed by atoms with Crippen LogP contribution in [0, 0.1) is 10.1 Å². The first kappa shape index (κ1) is 15.8. The van der Waals surface area contributed by atoms with Gasteiger partial charge in [0.2, 0.25) is 0 Å². The van der Waals surface area contributed by atoms with Crippen LogP contribution in [0.4, 0.5) is 18.9 Å². The summed E-state index contributed by atoms with van der Waals surface area (Å²) < 4.78 is 39.4. The molecule has 0 aliphatic carbocycles. The van der Waals surface area contributed by atoms with Gasteiger partial charge in [-0.25, -0.2) is 0 Å². The Morgan fingerprint density at radius 3 is 2.14 bits per heavy atom. The van der Waals surface area contributed by atoms with Crippen molar-refractivity contribution in [1.82, 2.24) is 0 Å². The molecule has 3 nitrogen and oxygen atoms in total. The van der Waals surface area contributed by atoms with Gasteiger partial charge in [-0.05, 0) is 36.4 Å². The highest BCUT2D eigenvalue weighted by Crippen LogP contribution is 2.39. The van der Waals surface area contributed by atoms with Crippen LogP contribution in [0.15, 0.2) is 56.7 Å². The van der Waals surface area contributed by atoms with E-state index in [2.05, 4.69) is 15.9 Å². The first-order chi connectivity index (χ1) is 9.77. The smallest absolute Gasteiger partial charge is 0.258 e. The molecular formula is C13H7BrF3NO2S. The number of nitrogens with zero attached hydrogens (tertiary/aromatic N) is 1. The highest BCUT2D eigenvalue weighted by molar-refractivity contribution is 9.10. The Balaban J connectivity index is 2.38. The van der Waals surface area contributed by atoms with E-state index in [1.807, 2.05) is 0 Å². The minimum atomic E-state index is -4.77. The fourth-order valence-electron chi connectivity index (χ4n) is 1.60. The molecule has 0 bridgehead atoms. The monoisotopic (exact) mass is 377 g/mol. The molecule has 0 saturated heterocycles. The number of nitro groups is 1. The largest absolute Gasteiger partial charge is 0.423 e. The predicted molar refractivity (Wildman–Crippen MR) is 76.4 cm³/mol. The lowest BCUT2D eigenvalue weighted by Gasteiger charge is -2.09. The standard InChI is InChI=1S/C13H7BrF3NO2S/c14-8-1-3-9(4-2-8)21-10-5-6-12(18(19)20)11(7-10)13(15,16)17/h1-7H. The summed E-state index contributed by atoms with van der Waals surface area (Å²) in [6, 6.07) is 9.98. The van der Waals surface area contributed by atoms with Crippen molar-refractivity contribution in [1.29, 1.82) is 0 Å². The first-order valence-electron chi connectivity index (χ1n) is 5.56. The molecule has 0 unspecified atom stereocenters. The summed E-state index contributed by atoms with van der Waals surface area (Å²) in [5.74, 6) is 0. The molecule has 0 N–H and O–H groups in total. The Hall–Kier alpha value is -1.54. The average Bonchev–Trinajstić information content (AvgIpc) is 2.40. The molecule has 0 amide bonds. The minimum absolute atomic E-state index is 0.287. The topological polar surface area (TPSA) is 43.1 Å². The van der Waals surface area contributed by atoms with Crippen LogP contribution < -0.4 is 0 Å². The molecule has 0 saturated carbocycles. The van der Waals surface area contributed by atoms with Crippen molar-refractivity contribution < 1.29 is 18.1 Å². The summed E-state index contributed by atoms with van der Waals surface area (Å²) in [6.45, 7) is 0. The number of halogens is 4. The molecular weight excluding hydrogens is 371 g/mol. The van der Waals surface area contributed by atoms with Crippen LogP contribution in [0.25, 0.3) is 0 Å². The van der Waals surface area contributed by atoms with Crippen molar-refractivity contribution in [3.8, 4) is 0 Å². The molecule has 0 aliphatic rings. The van der Waals surface area contributed by atoms with Gasteiger partial charge in [0.05, 0.1) is 4.92 Å². The predicted octanol–water partition coefficient (Wildman–Crippen LogP) is 5.53. The van der Waals surface area contributed by atoms with Gasteiger partial charge in [-0.2, -0.15) is 13.2 Å². The Morgan fingerprint density at radius 1 is 1.05 bits per heavy atom. The van der Waals surface area contributed by atoms with Gasteiger partial charge in [0, 0.05) is 20.3 Å².